The van der Waals surface area contributed by atoms with Gasteiger partial charge >= 0.3 is 177 Å². The van der Waals surface area contributed by atoms with Crippen LogP contribution in [0.5, 0.6) is 0 Å². The number of hydrogen-bond acceptors (Lipinski definition) is 0. The van der Waals surface area contributed by atoms with Crippen molar-refractivity contribution >= 4 is 33.1 Å². The molecular formula is C26H23ClFP. The second kappa shape index (κ2) is 7.75. The first kappa shape index (κ1) is 19.8. The number of rotatable bonds is 5. The molecule has 0 saturated carbocycles. The number of hydrogen-bond donors (Lipinski definition) is 0. The normalized spacial score (nSPS) is 12.9. The van der Waals surface area contributed by atoms with Gasteiger partial charge in [0, 0.05) is 0 Å². The molecule has 0 aromatic heterocycles. The van der Waals surface area contributed by atoms with Crippen LogP contribution in [0.25, 0.3) is 0 Å². The summed E-state index contributed by atoms with van der Waals surface area (Å²) in [4.78, 5) is 0. The van der Waals surface area contributed by atoms with Crippen LogP contribution < -0.4 is 15.9 Å². The van der Waals surface area contributed by atoms with Gasteiger partial charge in [0.1, 0.15) is 0 Å². The monoisotopic (exact) mass is 420 g/mol. The quantitative estimate of drug-likeness (QED) is 0.331. The zero-order chi connectivity index (χ0) is 20.3. The van der Waals surface area contributed by atoms with Gasteiger partial charge in [-0.05, 0) is 0 Å². The van der Waals surface area contributed by atoms with E-state index in [1.807, 2.05) is 67.6 Å². The minimum atomic E-state index is -3.51. The Bertz CT molecular complexity index is 992. The van der Waals surface area contributed by atoms with Crippen molar-refractivity contribution in [3.05, 3.63) is 126 Å². The molecule has 0 saturated heterocycles. The van der Waals surface area contributed by atoms with E-state index in [1.165, 1.54) is 6.07 Å². The molecule has 0 N–H and O–H groups in total. The molecule has 0 aliphatic carbocycles. The summed E-state index contributed by atoms with van der Waals surface area (Å²) >= 11 is 8.02. The number of aryl methyl sites for hydroxylation is 1. The van der Waals surface area contributed by atoms with E-state index in [1.54, 1.807) is 6.07 Å². The van der Waals surface area contributed by atoms with Crippen LogP contribution in [0.4, 0.5) is 4.39 Å². The Morgan fingerprint density at radius 2 is 1.03 bits per heavy atom. The summed E-state index contributed by atoms with van der Waals surface area (Å²) in [6.45, 7) is 1.96. The topological polar surface area (TPSA) is 0 Å². The Hall–Kier alpha value is -2.47. The summed E-state index contributed by atoms with van der Waals surface area (Å²) in [5.41, 5.74) is 1.60. The van der Waals surface area contributed by atoms with Crippen molar-refractivity contribution in [2.75, 3.05) is 0 Å². The minimum absolute atomic E-state index is 0.206. The Kier molecular flexibility index (Phi) is 5.30. The van der Waals surface area contributed by atoms with Crippen LogP contribution in [0.2, 0.25) is 0 Å². The van der Waals surface area contributed by atoms with Crippen LogP contribution in [-0.4, -0.2) is 0 Å². The van der Waals surface area contributed by atoms with Crippen LogP contribution in [0.3, 0.4) is 0 Å². The van der Waals surface area contributed by atoms with Crippen molar-refractivity contribution in [3.8, 4) is 0 Å². The second-order valence-electron chi connectivity index (χ2n) is 7.38. The van der Waals surface area contributed by atoms with Crippen LogP contribution >= 0.6 is 17.2 Å². The molecule has 0 radical (unpaired) electrons. The van der Waals surface area contributed by atoms with E-state index in [-0.39, 0.29) is 5.82 Å². The second-order valence-corrected chi connectivity index (χ2v) is 13.9. The molecule has 0 spiro atoms. The van der Waals surface area contributed by atoms with Gasteiger partial charge in [0.2, 0.25) is 0 Å². The molecular weight excluding hydrogens is 398 g/mol. The summed E-state index contributed by atoms with van der Waals surface area (Å²) < 4.78 is 15.1. The zero-order valence-corrected chi connectivity index (χ0v) is 18.0. The maximum atomic E-state index is 15.1. The molecule has 0 nitrogen and oxygen atoms in total. The van der Waals surface area contributed by atoms with Gasteiger partial charge in [0.25, 0.3) is 0 Å². The third-order valence-corrected chi connectivity index (χ3v) is 12.8. The SMILES string of the molecule is Cc1cccc(F)c1CP(Cl)(c1ccccc1)(c1ccccc1)c1ccccc1. The van der Waals surface area contributed by atoms with Gasteiger partial charge in [-0.3, -0.25) is 0 Å². The molecule has 0 unspecified atom stereocenters. The van der Waals surface area contributed by atoms with Crippen molar-refractivity contribution in [1.29, 1.82) is 0 Å². The molecule has 0 bridgehead atoms. The molecule has 4 aromatic carbocycles. The Balaban J connectivity index is 2.13. The fraction of sp³-hybridized carbons (Fsp3) is 0.0769. The Morgan fingerprint density at radius 1 is 0.621 bits per heavy atom. The van der Waals surface area contributed by atoms with Gasteiger partial charge < -0.3 is 0 Å². The number of benzene rings is 4. The molecule has 0 atom stereocenters. The van der Waals surface area contributed by atoms with Gasteiger partial charge in [0.05, 0.1) is 0 Å². The fourth-order valence-electron chi connectivity index (χ4n) is 4.10. The summed E-state index contributed by atoms with van der Waals surface area (Å²) in [5, 5.41) is 3.13. The molecule has 0 heterocycles. The first-order valence-corrected chi connectivity index (χ1v) is 13.0. The van der Waals surface area contributed by atoms with E-state index in [2.05, 4.69) is 36.4 Å². The van der Waals surface area contributed by atoms with Crippen molar-refractivity contribution in [1.82, 2.24) is 0 Å². The van der Waals surface area contributed by atoms with Crippen molar-refractivity contribution in [3.63, 3.8) is 0 Å². The predicted molar refractivity (Wildman–Crippen MR) is 126 cm³/mol. The Morgan fingerprint density at radius 3 is 1.41 bits per heavy atom. The first-order chi connectivity index (χ1) is 14.0. The molecule has 29 heavy (non-hydrogen) atoms. The van der Waals surface area contributed by atoms with E-state index >= 15 is 4.39 Å². The van der Waals surface area contributed by atoms with Gasteiger partial charge in [-0.25, -0.2) is 0 Å². The van der Waals surface area contributed by atoms with Gasteiger partial charge in [0.15, 0.2) is 0 Å². The summed E-state index contributed by atoms with van der Waals surface area (Å²) in [6, 6.07) is 35.8. The molecule has 4 aromatic rings. The average molecular weight is 421 g/mol. The van der Waals surface area contributed by atoms with Crippen LogP contribution in [0.15, 0.2) is 109 Å². The van der Waals surface area contributed by atoms with Crippen LogP contribution in [0.1, 0.15) is 11.1 Å². The van der Waals surface area contributed by atoms with Gasteiger partial charge in [-0.1, -0.05) is 0 Å². The van der Waals surface area contributed by atoms with Crippen molar-refractivity contribution in [2.45, 2.75) is 13.1 Å². The fourth-order valence-corrected chi connectivity index (χ4v) is 10.3. The average Bonchev–Trinajstić information content (AvgIpc) is 2.78. The van der Waals surface area contributed by atoms with E-state index in [0.29, 0.717) is 11.7 Å². The Labute approximate surface area is 176 Å². The molecule has 0 amide bonds. The van der Waals surface area contributed by atoms with Gasteiger partial charge in [-0.2, -0.15) is 0 Å². The zero-order valence-electron chi connectivity index (χ0n) is 16.3. The molecule has 146 valence electrons. The molecule has 4 rings (SSSR count). The standard InChI is InChI=1S/C26H23ClFP/c1-21-12-11-19-26(28)25(21)20-29(27,22-13-5-2-6-14-22,23-15-7-3-8-16-23)24-17-9-4-10-18-24/h2-19H,20H2,1H3. The van der Waals surface area contributed by atoms with Crippen molar-refractivity contribution in [2.24, 2.45) is 0 Å². The van der Waals surface area contributed by atoms with Crippen molar-refractivity contribution < 1.29 is 4.39 Å². The van der Waals surface area contributed by atoms with E-state index in [9.17, 15) is 0 Å². The predicted octanol–water partition coefficient (Wildman–Crippen LogP) is 6.32. The van der Waals surface area contributed by atoms with E-state index < -0.39 is 5.96 Å². The van der Waals surface area contributed by atoms with E-state index in [4.69, 9.17) is 11.2 Å². The van der Waals surface area contributed by atoms with E-state index in [0.717, 1.165) is 21.5 Å². The number of halogens is 2. The third kappa shape index (κ3) is 3.29. The van der Waals surface area contributed by atoms with Gasteiger partial charge in [-0.15, -0.1) is 0 Å². The molecule has 0 aliphatic heterocycles. The van der Waals surface area contributed by atoms with Crippen LogP contribution in [-0.2, 0) is 6.16 Å². The van der Waals surface area contributed by atoms with Crippen LogP contribution in [0, 0.1) is 12.7 Å². The summed E-state index contributed by atoms with van der Waals surface area (Å²) in [5.74, 6) is -3.72. The first-order valence-electron chi connectivity index (χ1n) is 9.67. The molecule has 3 heteroatoms. The molecule has 0 aliphatic rings. The summed E-state index contributed by atoms with van der Waals surface area (Å²) in [7, 11) is 0. The molecule has 0 fully saturated rings. The maximum absolute atomic E-state index is 15.1. The summed E-state index contributed by atoms with van der Waals surface area (Å²) in [6.07, 6.45) is 0.420. The third-order valence-electron chi connectivity index (χ3n) is 5.69.